The highest BCUT2D eigenvalue weighted by Gasteiger charge is 2.16. The van der Waals surface area contributed by atoms with E-state index in [0.29, 0.717) is 0 Å². The number of hydrogen-bond donors (Lipinski definition) is 1. The Morgan fingerprint density at radius 3 is 2.24 bits per heavy atom. The summed E-state index contributed by atoms with van der Waals surface area (Å²) in [5.41, 5.74) is 0.241. The molecule has 21 heavy (non-hydrogen) atoms. The summed E-state index contributed by atoms with van der Waals surface area (Å²) in [5, 5.41) is -0.328. The zero-order valence-electron chi connectivity index (χ0n) is 10.4. The molecule has 0 aromatic heterocycles. The molecule has 0 bridgehead atoms. The lowest BCUT2D eigenvalue weighted by Crippen LogP contribution is -2.23. The van der Waals surface area contributed by atoms with E-state index in [-0.39, 0.29) is 22.0 Å². The number of sulfonamides is 1. The molecular weight excluding hydrogens is 327 g/mol. The summed E-state index contributed by atoms with van der Waals surface area (Å²) in [4.78, 5) is -0.225. The zero-order chi connectivity index (χ0) is 15.6. The molecular formula is C13H9ClF3NO2S. The van der Waals surface area contributed by atoms with Crippen molar-refractivity contribution in [2.24, 2.45) is 0 Å². The van der Waals surface area contributed by atoms with Crippen LogP contribution in [0.2, 0.25) is 5.02 Å². The van der Waals surface area contributed by atoms with Gasteiger partial charge >= 0.3 is 0 Å². The average molecular weight is 336 g/mol. The molecule has 0 aliphatic carbocycles. The Hall–Kier alpha value is -1.57. The normalized spacial score (nSPS) is 11.6. The number of benzene rings is 2. The molecule has 0 unspecified atom stereocenters. The van der Waals surface area contributed by atoms with E-state index < -0.39 is 27.5 Å². The van der Waals surface area contributed by atoms with E-state index in [9.17, 15) is 21.6 Å². The van der Waals surface area contributed by atoms with Crippen molar-refractivity contribution >= 4 is 21.6 Å². The molecule has 0 saturated heterocycles. The van der Waals surface area contributed by atoms with Crippen LogP contribution in [0.15, 0.2) is 41.3 Å². The Balaban J connectivity index is 2.17. The minimum atomic E-state index is -3.94. The van der Waals surface area contributed by atoms with Gasteiger partial charge in [0.2, 0.25) is 10.0 Å². The van der Waals surface area contributed by atoms with Crippen molar-refractivity contribution in [3.8, 4) is 0 Å². The highest BCUT2D eigenvalue weighted by Crippen LogP contribution is 2.19. The largest absolute Gasteiger partial charge is 0.240 e. The summed E-state index contributed by atoms with van der Waals surface area (Å²) < 4.78 is 64.9. The van der Waals surface area contributed by atoms with Crippen LogP contribution in [0, 0.1) is 17.5 Å². The fourth-order valence-electron chi connectivity index (χ4n) is 1.56. The minimum Gasteiger partial charge on any atom is -0.207 e. The number of nitrogens with one attached hydrogen (secondary N) is 1. The van der Waals surface area contributed by atoms with E-state index in [1.54, 1.807) is 0 Å². The van der Waals surface area contributed by atoms with E-state index in [4.69, 9.17) is 11.6 Å². The number of halogens is 4. The van der Waals surface area contributed by atoms with Crippen LogP contribution in [0.4, 0.5) is 13.2 Å². The molecule has 1 N–H and O–H groups in total. The maximum Gasteiger partial charge on any atom is 0.240 e. The molecule has 2 aromatic carbocycles. The van der Waals surface area contributed by atoms with Crippen LogP contribution in [0.3, 0.4) is 0 Å². The van der Waals surface area contributed by atoms with Crippen molar-refractivity contribution in [2.75, 3.05) is 0 Å². The predicted octanol–water partition coefficient (Wildman–Crippen LogP) is 3.24. The van der Waals surface area contributed by atoms with Crippen molar-refractivity contribution in [3.05, 3.63) is 64.4 Å². The van der Waals surface area contributed by atoms with E-state index in [1.165, 1.54) is 6.07 Å². The quantitative estimate of drug-likeness (QED) is 0.932. The molecule has 0 aliphatic rings. The van der Waals surface area contributed by atoms with Gasteiger partial charge in [-0.1, -0.05) is 17.7 Å². The Morgan fingerprint density at radius 1 is 0.952 bits per heavy atom. The topological polar surface area (TPSA) is 46.2 Å². The average Bonchev–Trinajstić information content (AvgIpc) is 2.43. The summed E-state index contributed by atoms with van der Waals surface area (Å²) in [7, 11) is -3.94. The first-order valence-electron chi connectivity index (χ1n) is 5.68. The Morgan fingerprint density at radius 2 is 1.62 bits per heavy atom. The molecule has 0 atom stereocenters. The summed E-state index contributed by atoms with van der Waals surface area (Å²) in [6.45, 7) is -0.242. The van der Waals surface area contributed by atoms with Crippen LogP contribution in [0.1, 0.15) is 5.56 Å². The molecule has 0 heterocycles. The molecule has 0 radical (unpaired) electrons. The third-order valence-corrected chi connectivity index (χ3v) is 4.34. The molecule has 0 aliphatic heterocycles. The lowest BCUT2D eigenvalue weighted by atomic mass is 10.2. The van der Waals surface area contributed by atoms with E-state index in [0.717, 1.165) is 30.3 Å². The van der Waals surface area contributed by atoms with Crippen LogP contribution in [0.25, 0.3) is 0 Å². The first-order chi connectivity index (χ1) is 9.79. The van der Waals surface area contributed by atoms with Crippen LogP contribution >= 0.6 is 11.6 Å². The van der Waals surface area contributed by atoms with Crippen LogP contribution in [0.5, 0.6) is 0 Å². The minimum absolute atomic E-state index is 0.225. The van der Waals surface area contributed by atoms with Gasteiger partial charge in [-0.15, -0.1) is 0 Å². The highest BCUT2D eigenvalue weighted by atomic mass is 35.5. The van der Waals surface area contributed by atoms with Gasteiger partial charge in [-0.3, -0.25) is 0 Å². The summed E-state index contributed by atoms with van der Waals surface area (Å²) >= 11 is 5.52. The molecule has 112 valence electrons. The van der Waals surface area contributed by atoms with Gasteiger partial charge in [-0.05, 0) is 35.9 Å². The lowest BCUT2D eigenvalue weighted by Gasteiger charge is -2.08. The van der Waals surface area contributed by atoms with Gasteiger partial charge in [0, 0.05) is 6.54 Å². The van der Waals surface area contributed by atoms with Gasteiger partial charge in [0.15, 0.2) is 11.6 Å². The molecule has 2 rings (SSSR count). The second kappa shape index (κ2) is 6.05. The number of rotatable bonds is 4. The smallest absolute Gasteiger partial charge is 0.207 e. The molecule has 0 amide bonds. The molecule has 8 heteroatoms. The Bertz CT molecular complexity index is 781. The molecule has 3 nitrogen and oxygen atoms in total. The van der Waals surface area contributed by atoms with Gasteiger partial charge in [0.25, 0.3) is 0 Å². The maximum absolute atomic E-state index is 13.0. The van der Waals surface area contributed by atoms with Crippen LogP contribution in [-0.4, -0.2) is 8.42 Å². The molecule has 2 aromatic rings. The van der Waals surface area contributed by atoms with Crippen molar-refractivity contribution in [1.82, 2.24) is 4.72 Å². The SMILES string of the molecule is O=S(=O)(NCc1ccc(F)c(F)c1)c1ccc(F)c(Cl)c1. The first-order valence-corrected chi connectivity index (χ1v) is 7.54. The lowest BCUT2D eigenvalue weighted by molar-refractivity contribution is 0.506. The van der Waals surface area contributed by atoms with E-state index in [2.05, 4.69) is 4.72 Å². The summed E-state index contributed by atoms with van der Waals surface area (Å²) in [5.74, 6) is -2.83. The third-order valence-electron chi connectivity index (χ3n) is 2.65. The second-order valence-corrected chi connectivity index (χ2v) is 6.32. The molecule has 0 spiro atoms. The third kappa shape index (κ3) is 3.75. The Kier molecular flexibility index (Phi) is 4.55. The van der Waals surface area contributed by atoms with Crippen molar-refractivity contribution in [1.29, 1.82) is 0 Å². The number of hydrogen-bond acceptors (Lipinski definition) is 2. The van der Waals surface area contributed by atoms with Crippen molar-refractivity contribution < 1.29 is 21.6 Å². The Labute approximate surface area is 124 Å². The van der Waals surface area contributed by atoms with Gasteiger partial charge in [0.1, 0.15) is 5.82 Å². The van der Waals surface area contributed by atoms with Crippen LogP contribution in [-0.2, 0) is 16.6 Å². The fourth-order valence-corrected chi connectivity index (χ4v) is 2.84. The van der Waals surface area contributed by atoms with Gasteiger partial charge in [0.05, 0.1) is 9.92 Å². The monoisotopic (exact) mass is 335 g/mol. The molecule has 0 fully saturated rings. The predicted molar refractivity (Wildman–Crippen MR) is 71.8 cm³/mol. The standard InChI is InChI=1S/C13H9ClF3NO2S/c14-10-6-9(2-4-11(10)15)21(19,20)18-7-8-1-3-12(16)13(17)5-8/h1-6,18H,7H2. The van der Waals surface area contributed by atoms with Gasteiger partial charge in [-0.2, -0.15) is 0 Å². The highest BCUT2D eigenvalue weighted by molar-refractivity contribution is 7.89. The summed E-state index contributed by atoms with van der Waals surface area (Å²) in [6, 6.07) is 5.97. The zero-order valence-corrected chi connectivity index (χ0v) is 12.0. The molecule has 0 saturated carbocycles. The van der Waals surface area contributed by atoms with Crippen LogP contribution < -0.4 is 4.72 Å². The van der Waals surface area contributed by atoms with Crippen molar-refractivity contribution in [3.63, 3.8) is 0 Å². The van der Waals surface area contributed by atoms with E-state index in [1.807, 2.05) is 0 Å². The summed E-state index contributed by atoms with van der Waals surface area (Å²) in [6.07, 6.45) is 0. The second-order valence-electron chi connectivity index (χ2n) is 4.15. The van der Waals surface area contributed by atoms with Gasteiger partial charge < -0.3 is 0 Å². The van der Waals surface area contributed by atoms with Crippen molar-refractivity contribution in [2.45, 2.75) is 11.4 Å². The van der Waals surface area contributed by atoms with Gasteiger partial charge in [-0.25, -0.2) is 26.3 Å². The maximum atomic E-state index is 13.0. The van der Waals surface area contributed by atoms with E-state index >= 15 is 0 Å². The fraction of sp³-hybridized carbons (Fsp3) is 0.0769. The first kappa shape index (κ1) is 15.8.